The molecule has 0 aliphatic carbocycles. The van der Waals surface area contributed by atoms with Gasteiger partial charge < -0.3 is 36.2 Å². The number of hydrogen-bond acceptors (Lipinski definition) is 6. The lowest BCUT2D eigenvalue weighted by molar-refractivity contribution is 0.592. The molecule has 0 N–H and O–H groups in total. The van der Waals surface area contributed by atoms with E-state index in [1.165, 1.54) is 31.3 Å². The van der Waals surface area contributed by atoms with Crippen LogP contribution in [0.3, 0.4) is 0 Å². The van der Waals surface area contributed by atoms with Crippen LogP contribution in [0.15, 0.2) is 482 Å². The van der Waals surface area contributed by atoms with Crippen LogP contribution in [0.4, 0.5) is 0 Å². The number of fused-ring (bicyclic) bond motifs is 27. The molecule has 3 aliphatic rings. The molecule has 0 fully saturated rings. The third-order valence-electron chi connectivity index (χ3n) is 28.9. The lowest BCUT2D eigenvalue weighted by Gasteiger charge is -2.16. The Labute approximate surface area is 797 Å². The van der Waals surface area contributed by atoms with Crippen molar-refractivity contribution in [2.75, 3.05) is 0 Å². The van der Waals surface area contributed by atoms with Gasteiger partial charge in [-0.1, -0.05) is 346 Å². The van der Waals surface area contributed by atoms with E-state index in [2.05, 4.69) is 323 Å². The Morgan fingerprint density at radius 1 is 0.188 bits per heavy atom. The summed E-state index contributed by atoms with van der Waals surface area (Å²) in [5.41, 5.74) is 26.8. The molecule has 8 nitrogen and oxygen atoms in total. The molecule has 21 aromatic carbocycles. The van der Waals surface area contributed by atoms with Crippen molar-refractivity contribution in [1.82, 2.24) is 13.7 Å². The normalized spacial score (nSPS) is 15.6. The molecule has 30 rings (SSSR count). The topological polar surface area (TPSA) is 92.3 Å². The van der Waals surface area contributed by atoms with E-state index in [-0.39, 0.29) is 0 Å². The first-order valence-electron chi connectivity index (χ1n) is 46.6. The smallest absolute Gasteiger partial charge is 0.172 e. The molecule has 12 heteroatoms. The molecule has 6 aromatic heterocycles. The van der Waals surface area contributed by atoms with Gasteiger partial charge >= 0.3 is 0 Å². The molecule has 0 spiro atoms. The van der Waals surface area contributed by atoms with Crippen molar-refractivity contribution < 1.29 is 22.5 Å². The van der Waals surface area contributed by atoms with E-state index in [1.54, 1.807) is 0 Å². The van der Waals surface area contributed by atoms with Crippen LogP contribution in [0.1, 0.15) is 0 Å². The third-order valence-corrected chi connectivity index (χ3v) is 39.4. The summed E-state index contributed by atoms with van der Waals surface area (Å²) in [4.78, 5) is 0. The molecule has 0 bridgehead atoms. The van der Waals surface area contributed by atoms with Gasteiger partial charge in [-0.2, -0.15) is 0 Å². The maximum atomic E-state index is 15.2. The van der Waals surface area contributed by atoms with Gasteiger partial charge in [0.05, 0.1) is 33.1 Å². The number of furan rings is 2. The molecule has 0 amide bonds. The lowest BCUT2D eigenvalue weighted by Crippen LogP contribution is -2.20. The third kappa shape index (κ3) is 11.9. The zero-order valence-electron chi connectivity index (χ0n) is 74.2. The number of para-hydroxylation sites is 6. The Kier molecular flexibility index (Phi) is 18.0. The van der Waals surface area contributed by atoms with Gasteiger partial charge in [-0.05, 0) is 189 Å². The van der Waals surface area contributed by atoms with Crippen LogP contribution in [-0.2, 0) is 13.7 Å². The van der Waals surface area contributed by atoms with Crippen molar-refractivity contribution in [3.8, 4) is 83.8 Å². The number of hydrogen-bond donors (Lipinski definition) is 0. The first-order valence-corrected chi connectivity index (χ1v) is 52.6. The van der Waals surface area contributed by atoms with Gasteiger partial charge in [-0.15, -0.1) is 11.3 Å². The highest BCUT2D eigenvalue weighted by molar-refractivity contribution is 7.87. The predicted molar refractivity (Wildman–Crippen MR) is 581 cm³/mol. The van der Waals surface area contributed by atoms with Gasteiger partial charge in [0.1, 0.15) is 22.3 Å². The Balaban J connectivity index is 0.000000102. The van der Waals surface area contributed by atoms with Crippen LogP contribution in [0.25, 0.3) is 213 Å². The Morgan fingerprint density at radius 2 is 0.514 bits per heavy atom. The fraction of sp³-hybridized carbons (Fsp3) is 0. The second-order valence-corrected chi connectivity index (χ2v) is 45.3. The maximum absolute atomic E-state index is 15.2. The van der Waals surface area contributed by atoms with E-state index in [9.17, 15) is 0 Å². The minimum Gasteiger partial charge on any atom is -0.456 e. The van der Waals surface area contributed by atoms with Gasteiger partial charge in [0.2, 0.25) is 0 Å². The SMILES string of the molecule is O=P1(c2ccccc2)c2ccccc2-c2cc3c(cc21)c1ccccc1n3-c1ccc(-c2ccc3c(c2)oc2ccccc23)cc1.O=P1(c2ccccc2)c2ccccc2-c2cc3c(cc21)c1ccccc1n3-c1ccc(-c2cccc3c2oc2ccccc23)cc1.O=P1(c2ccccc2)c2ccccc2-c2cc3c(cc21)c1ccccc1n3-c1ccc(-c2cccc3sc4ccccc4c23)cc1. The van der Waals surface area contributed by atoms with Gasteiger partial charge in [-0.3, -0.25) is 0 Å². The van der Waals surface area contributed by atoms with Crippen LogP contribution in [-0.4, -0.2) is 13.7 Å². The summed E-state index contributed by atoms with van der Waals surface area (Å²) in [6.07, 6.45) is 0. The highest BCUT2D eigenvalue weighted by Crippen LogP contribution is 2.58. The number of rotatable bonds is 9. The molecule has 0 saturated carbocycles. The molecule has 3 aliphatic heterocycles. The molecule has 0 radical (unpaired) electrons. The first kappa shape index (κ1) is 80.0. The molecule has 648 valence electrons. The van der Waals surface area contributed by atoms with E-state index in [0.717, 1.165) is 230 Å². The molecule has 3 atom stereocenters. The number of aromatic nitrogens is 3. The van der Waals surface area contributed by atoms with E-state index in [4.69, 9.17) is 8.83 Å². The lowest BCUT2D eigenvalue weighted by atomic mass is 9.99. The predicted octanol–water partition coefficient (Wildman–Crippen LogP) is 30.4. The minimum absolute atomic E-state index is 0.874. The van der Waals surface area contributed by atoms with Crippen molar-refractivity contribution in [3.05, 3.63) is 473 Å². The second-order valence-electron chi connectivity index (χ2n) is 36.1. The zero-order valence-corrected chi connectivity index (χ0v) is 77.7. The number of nitrogens with zero attached hydrogens (tertiary/aromatic N) is 3. The summed E-state index contributed by atoms with van der Waals surface area (Å²) in [6.45, 7) is 0. The maximum Gasteiger partial charge on any atom is 0.172 e. The van der Waals surface area contributed by atoms with Gasteiger partial charge in [0.15, 0.2) is 21.4 Å². The Morgan fingerprint density at radius 3 is 0.978 bits per heavy atom. The zero-order chi connectivity index (χ0) is 91.2. The summed E-state index contributed by atoms with van der Waals surface area (Å²) < 4.78 is 67.9. The summed E-state index contributed by atoms with van der Waals surface area (Å²) in [6, 6.07) is 165. The second kappa shape index (κ2) is 31.0. The van der Waals surface area contributed by atoms with Crippen LogP contribution in [0.5, 0.6) is 0 Å². The molecule has 9 heterocycles. The van der Waals surface area contributed by atoms with Crippen LogP contribution >= 0.6 is 32.8 Å². The molecule has 27 aromatic rings. The average Bonchev–Trinajstić information content (AvgIpc) is 1.54. The van der Waals surface area contributed by atoms with Crippen LogP contribution < -0.4 is 47.7 Å². The van der Waals surface area contributed by atoms with E-state index in [0.29, 0.717) is 0 Å². The highest BCUT2D eigenvalue weighted by atomic mass is 32.1. The van der Waals surface area contributed by atoms with Crippen LogP contribution in [0.2, 0.25) is 0 Å². The molecular weight excluding hydrogens is 1760 g/mol. The Bertz CT molecular complexity index is 9950. The van der Waals surface area contributed by atoms with Crippen molar-refractivity contribution in [3.63, 3.8) is 0 Å². The van der Waals surface area contributed by atoms with Gasteiger partial charge in [0, 0.05) is 144 Å². The average molecular weight is 1840 g/mol. The standard InChI is InChI=1S/2C42H26NO2P.C42H26NOPS/c44-46(29-11-2-1-3-12-29)40-20-9-6-15-33(40)36-25-38-35(26-41(36)46)31-13-4-7-18-37(31)43(38)28-23-21-27(22-24-28)30-16-10-17-34-32-14-5-8-19-39(32)45-42(30)34;44-46(30-10-2-1-3-11-30)41-17-9-6-14-34(41)36-25-38-35(26-42(36)46)31-12-4-7-15-37(31)43(38)29-21-18-27(19-22-29)28-20-23-33-32-13-5-8-16-39(32)45-40(33)24-28;44-45(29-11-2-1-3-12-29)38-18-8-5-14-32(38)35-25-37-34(26-39(35)45)31-13-4-7-17-36(31)43(37)28-23-21-27(22-24-28)30-16-10-20-41-42(30)33-15-6-9-19-40(33)46-41/h3*1-26H. The van der Waals surface area contributed by atoms with E-state index < -0.39 is 21.4 Å². The fourth-order valence-corrected chi connectivity index (χ4v) is 33.0. The molecular formula is C126H78N3O5P3S. The van der Waals surface area contributed by atoms with E-state index in [1.807, 2.05) is 175 Å². The highest BCUT2D eigenvalue weighted by Gasteiger charge is 2.44. The first-order chi connectivity index (χ1) is 68.1. The van der Waals surface area contributed by atoms with E-state index >= 15 is 13.7 Å². The van der Waals surface area contributed by atoms with Gasteiger partial charge in [0.25, 0.3) is 0 Å². The largest absolute Gasteiger partial charge is 0.456 e. The fourth-order valence-electron chi connectivity index (χ4n) is 22.6. The van der Waals surface area contributed by atoms with Gasteiger partial charge in [-0.25, -0.2) is 0 Å². The Hall–Kier alpha value is -16.5. The van der Waals surface area contributed by atoms with Crippen LogP contribution in [0, 0.1) is 0 Å². The minimum atomic E-state index is -3.04. The summed E-state index contributed by atoms with van der Waals surface area (Å²) in [7, 11) is -9.10. The number of thiophene rings is 1. The van der Waals surface area contributed by atoms with Crippen molar-refractivity contribution in [2.45, 2.75) is 0 Å². The molecule has 138 heavy (non-hydrogen) atoms. The summed E-state index contributed by atoms with van der Waals surface area (Å²) in [5, 5.41) is 22.1. The van der Waals surface area contributed by atoms with Crippen molar-refractivity contribution in [1.29, 1.82) is 0 Å². The molecule has 0 saturated heterocycles. The monoisotopic (exact) mass is 1840 g/mol. The van der Waals surface area contributed by atoms with Crippen molar-refractivity contribution >= 4 is 210 Å². The number of benzene rings is 21. The van der Waals surface area contributed by atoms with Crippen molar-refractivity contribution in [2.24, 2.45) is 0 Å². The summed E-state index contributed by atoms with van der Waals surface area (Å²) in [5.74, 6) is 0. The summed E-state index contributed by atoms with van der Waals surface area (Å²) >= 11 is 1.85. The quantitative estimate of drug-likeness (QED) is 0.134. The molecule has 3 unspecified atom stereocenters.